The fourth-order valence-corrected chi connectivity index (χ4v) is 6.16. The molecule has 10 heteroatoms. The lowest BCUT2D eigenvalue weighted by Gasteiger charge is -2.42. The Labute approximate surface area is 217 Å². The predicted octanol–water partition coefficient (Wildman–Crippen LogP) is 3.11. The van der Waals surface area contributed by atoms with Crippen LogP contribution in [0.2, 0.25) is 0 Å². The van der Waals surface area contributed by atoms with Gasteiger partial charge >= 0.3 is 7.12 Å². The molecule has 4 atom stereocenters. The highest BCUT2D eigenvalue weighted by molar-refractivity contribution is 14.1. The van der Waals surface area contributed by atoms with Gasteiger partial charge in [0.15, 0.2) is 11.5 Å². The maximum Gasteiger partial charge on any atom is 0.487 e. The molecule has 2 aliphatic heterocycles. The number of nitrogens with zero attached hydrogens (tertiary/aromatic N) is 1. The number of hydrogen-bond donors (Lipinski definition) is 2. The molecule has 2 aromatic rings. The van der Waals surface area contributed by atoms with E-state index in [0.29, 0.717) is 33.4 Å². The Morgan fingerprint density at radius 2 is 1.91 bits per heavy atom. The number of methoxy groups -OCH3 is 1. The average molecular weight is 589 g/mol. The van der Waals surface area contributed by atoms with Gasteiger partial charge in [-0.15, -0.1) is 0 Å². The smallest absolute Gasteiger partial charge is 0.487 e. The molecule has 182 valence electrons. The second-order valence-corrected chi connectivity index (χ2v) is 10.3. The molecule has 2 saturated heterocycles. The van der Waals surface area contributed by atoms with E-state index < -0.39 is 25.1 Å². The van der Waals surface area contributed by atoms with Gasteiger partial charge in [-0.25, -0.2) is 0 Å². The third-order valence-corrected chi connectivity index (χ3v) is 8.05. The van der Waals surface area contributed by atoms with Gasteiger partial charge in [0.2, 0.25) is 11.8 Å². The number of halogens is 1. The van der Waals surface area contributed by atoms with Gasteiger partial charge in [-0.3, -0.25) is 14.5 Å². The monoisotopic (exact) mass is 589 g/mol. The second kappa shape index (κ2) is 9.48. The molecule has 0 aromatic heterocycles. The Morgan fingerprint density at radius 3 is 2.63 bits per heavy atom. The molecule has 0 unspecified atom stereocenters. The maximum atomic E-state index is 13.1. The van der Waals surface area contributed by atoms with Crippen molar-refractivity contribution in [1.29, 1.82) is 0 Å². The Balaban J connectivity index is 1.52. The average Bonchev–Trinajstić information content (AvgIpc) is 3.08. The van der Waals surface area contributed by atoms with Crippen LogP contribution in [0.15, 0.2) is 53.5 Å². The molecule has 2 N–H and O–H groups in total. The molecule has 1 aliphatic carbocycles. The van der Waals surface area contributed by atoms with Crippen molar-refractivity contribution in [2.75, 3.05) is 20.8 Å². The molecule has 2 amide bonds. The lowest BCUT2D eigenvalue weighted by molar-refractivity contribution is -0.138. The zero-order valence-corrected chi connectivity index (χ0v) is 21.5. The molecule has 35 heavy (non-hydrogen) atoms. The van der Waals surface area contributed by atoms with E-state index in [1.54, 1.807) is 12.1 Å². The first-order valence-corrected chi connectivity index (χ1v) is 12.5. The summed E-state index contributed by atoms with van der Waals surface area (Å²) in [4.78, 5) is 27.3. The van der Waals surface area contributed by atoms with Gasteiger partial charge in [0.05, 0.1) is 28.6 Å². The summed E-state index contributed by atoms with van der Waals surface area (Å²) < 4.78 is 17.9. The Morgan fingerprint density at radius 1 is 1.17 bits per heavy atom. The van der Waals surface area contributed by atoms with Crippen LogP contribution in [0.4, 0.5) is 0 Å². The van der Waals surface area contributed by atoms with Gasteiger partial charge < -0.3 is 24.3 Å². The number of phenols is 1. The molecule has 0 saturated carbocycles. The molecule has 2 aromatic carbocycles. The number of hydrogen-bond acceptors (Lipinski definition) is 7. The molecule has 0 bridgehead atoms. The SMILES string of the molecule is COc1cc([C@@H]2C[C@@H]3C(=C(COc4ccccc4)C[C@@H]4C(=O)N(C)C(=O)[C@@H]43)B(O)O2)cc(I)c1O. The number of rotatable bonds is 5. The van der Waals surface area contributed by atoms with Crippen LogP contribution < -0.4 is 9.47 Å². The Bertz CT molecular complexity index is 1200. The van der Waals surface area contributed by atoms with E-state index >= 15 is 0 Å². The third-order valence-electron chi connectivity index (χ3n) is 7.23. The van der Waals surface area contributed by atoms with Crippen molar-refractivity contribution in [1.82, 2.24) is 4.90 Å². The summed E-state index contributed by atoms with van der Waals surface area (Å²) >= 11 is 2.01. The van der Waals surface area contributed by atoms with E-state index in [0.717, 1.165) is 11.1 Å². The van der Waals surface area contributed by atoms with Crippen molar-refractivity contribution >= 4 is 41.5 Å². The van der Waals surface area contributed by atoms with Crippen molar-refractivity contribution in [2.24, 2.45) is 17.8 Å². The van der Waals surface area contributed by atoms with Gasteiger partial charge in [-0.2, -0.15) is 0 Å². The first-order chi connectivity index (χ1) is 16.8. The van der Waals surface area contributed by atoms with Crippen molar-refractivity contribution in [3.05, 3.63) is 62.6 Å². The number of fused-ring (bicyclic) bond motifs is 3. The number of carbonyl (C=O) groups excluding carboxylic acids is 2. The molecule has 0 radical (unpaired) electrons. The number of aromatic hydroxyl groups is 1. The molecule has 8 nitrogen and oxygen atoms in total. The van der Waals surface area contributed by atoms with Crippen LogP contribution in [0, 0.1) is 21.3 Å². The van der Waals surface area contributed by atoms with Crippen LogP contribution in [0.3, 0.4) is 0 Å². The largest absolute Gasteiger partial charge is 0.504 e. The number of ether oxygens (including phenoxy) is 2. The van der Waals surface area contributed by atoms with Crippen LogP contribution in [-0.2, 0) is 14.2 Å². The summed E-state index contributed by atoms with van der Waals surface area (Å²) in [6.07, 6.45) is 0.193. The van der Waals surface area contributed by atoms with Crippen molar-refractivity contribution < 1.29 is 33.8 Å². The molecule has 2 heterocycles. The van der Waals surface area contributed by atoms with Crippen LogP contribution in [0.1, 0.15) is 24.5 Å². The number of imide groups is 1. The normalized spacial score (nSPS) is 26.1. The van der Waals surface area contributed by atoms with Crippen molar-refractivity contribution in [3.63, 3.8) is 0 Å². The zero-order chi connectivity index (χ0) is 24.9. The maximum absolute atomic E-state index is 13.1. The lowest BCUT2D eigenvalue weighted by atomic mass is 9.55. The molecule has 2 fully saturated rings. The van der Waals surface area contributed by atoms with E-state index in [2.05, 4.69) is 0 Å². The highest BCUT2D eigenvalue weighted by Crippen LogP contribution is 2.51. The second-order valence-electron chi connectivity index (χ2n) is 9.11. The number of carbonyl (C=O) groups is 2. The summed E-state index contributed by atoms with van der Waals surface area (Å²) in [6, 6.07) is 12.8. The van der Waals surface area contributed by atoms with Crippen LogP contribution in [0.5, 0.6) is 17.2 Å². The zero-order valence-electron chi connectivity index (χ0n) is 19.3. The van der Waals surface area contributed by atoms with Crippen LogP contribution in [0.25, 0.3) is 0 Å². The third kappa shape index (κ3) is 4.21. The van der Waals surface area contributed by atoms with Gasteiger partial charge in [0.1, 0.15) is 12.4 Å². The first kappa shape index (κ1) is 24.1. The predicted molar refractivity (Wildman–Crippen MR) is 136 cm³/mol. The summed E-state index contributed by atoms with van der Waals surface area (Å²) in [5.74, 6) is -0.832. The van der Waals surface area contributed by atoms with E-state index in [-0.39, 0.29) is 30.1 Å². The van der Waals surface area contributed by atoms with Gasteiger partial charge in [0, 0.05) is 7.05 Å². The van der Waals surface area contributed by atoms with Crippen molar-refractivity contribution in [2.45, 2.75) is 18.9 Å². The quantitative estimate of drug-likeness (QED) is 0.314. The summed E-state index contributed by atoms with van der Waals surface area (Å²) in [6.45, 7) is 0.195. The van der Waals surface area contributed by atoms with Crippen LogP contribution in [-0.4, -0.2) is 54.7 Å². The molecule has 0 spiro atoms. The molecular weight excluding hydrogens is 564 g/mol. The minimum atomic E-state index is -1.25. The molecule has 5 rings (SSSR count). The van der Waals surface area contributed by atoms with E-state index in [1.165, 1.54) is 19.1 Å². The lowest BCUT2D eigenvalue weighted by Crippen LogP contribution is -2.45. The van der Waals surface area contributed by atoms with Crippen LogP contribution >= 0.6 is 22.6 Å². The highest BCUT2D eigenvalue weighted by atomic mass is 127. The topological polar surface area (TPSA) is 106 Å². The minimum absolute atomic E-state index is 0.0325. The number of para-hydroxylation sites is 1. The molecular formula is C25H25BINO7. The van der Waals surface area contributed by atoms with Gasteiger partial charge in [0.25, 0.3) is 0 Å². The number of allylic oxidation sites excluding steroid dienone is 1. The summed E-state index contributed by atoms with van der Waals surface area (Å²) in [5.41, 5.74) is 2.15. The standard InChI is InChI=1S/C25H25BINO7/c1-28-24(30)17-8-14(12-34-15-6-4-3-5-7-15)22-16(21(17)25(28)31)11-19(35-26(22)32)13-9-18(27)23(29)20(10-13)33-2/h3-7,9-10,16-17,19,21,29,32H,8,11-12H2,1-2H3/t16-,17-,19-,21+/m0/s1. The summed E-state index contributed by atoms with van der Waals surface area (Å²) in [5, 5.41) is 21.4. The van der Waals surface area contributed by atoms with E-state index in [9.17, 15) is 19.7 Å². The van der Waals surface area contributed by atoms with E-state index in [4.69, 9.17) is 14.1 Å². The molecule has 3 aliphatic rings. The summed E-state index contributed by atoms with van der Waals surface area (Å²) in [7, 11) is 1.74. The number of benzene rings is 2. The number of likely N-dealkylation sites (tertiary alicyclic amines) is 1. The van der Waals surface area contributed by atoms with Gasteiger partial charge in [-0.05, 0) is 82.2 Å². The van der Waals surface area contributed by atoms with Gasteiger partial charge in [-0.1, -0.05) is 18.2 Å². The fourth-order valence-electron chi connectivity index (χ4n) is 5.54. The Hall–Kier alpha value is -2.57. The van der Waals surface area contributed by atoms with E-state index in [1.807, 2.05) is 52.9 Å². The fraction of sp³-hybridized carbons (Fsp3) is 0.360. The number of amides is 2. The minimum Gasteiger partial charge on any atom is -0.504 e. The first-order valence-electron chi connectivity index (χ1n) is 11.4. The highest BCUT2D eigenvalue weighted by Gasteiger charge is 2.57. The Kier molecular flexibility index (Phi) is 6.54. The van der Waals surface area contributed by atoms with Crippen molar-refractivity contribution in [3.8, 4) is 17.2 Å². The number of phenolic OH excluding ortho intramolecular Hbond substituents is 1.